The molecule has 0 saturated heterocycles. The third kappa shape index (κ3) is 4.05. The average molecular weight is 306 g/mol. The third-order valence-corrected chi connectivity index (χ3v) is 4.25. The second kappa shape index (κ2) is 7.58. The lowest BCUT2D eigenvalue weighted by Gasteiger charge is -2.26. The van der Waals surface area contributed by atoms with Crippen molar-refractivity contribution >= 4 is 11.6 Å². The molecular weight excluding hydrogens is 285 g/mol. The average Bonchev–Trinajstić information content (AvgIpc) is 2.51. The van der Waals surface area contributed by atoms with E-state index in [2.05, 4.69) is 36.5 Å². The summed E-state index contributed by atoms with van der Waals surface area (Å²) in [4.78, 5) is 0. The van der Waals surface area contributed by atoms with E-state index in [-0.39, 0.29) is 10.8 Å². The molecule has 0 aromatic heterocycles. The lowest BCUT2D eigenvalue weighted by molar-refractivity contribution is 0.448. The Balaban J connectivity index is 2.19. The Morgan fingerprint density at radius 2 is 1.86 bits per heavy atom. The number of halogens is 2. The fourth-order valence-electron chi connectivity index (χ4n) is 2.82. The van der Waals surface area contributed by atoms with Crippen LogP contribution in [0.1, 0.15) is 30.4 Å². The highest BCUT2D eigenvalue weighted by atomic mass is 35.5. The van der Waals surface area contributed by atoms with Crippen molar-refractivity contribution in [2.45, 2.75) is 31.7 Å². The smallest absolute Gasteiger partial charge is 0.141 e. The van der Waals surface area contributed by atoms with Crippen LogP contribution >= 0.6 is 11.6 Å². The topological polar surface area (TPSA) is 12.0 Å². The first-order valence-electron chi connectivity index (χ1n) is 7.31. The van der Waals surface area contributed by atoms with Crippen molar-refractivity contribution in [2.24, 2.45) is 0 Å². The van der Waals surface area contributed by atoms with Crippen LogP contribution in [0.3, 0.4) is 0 Å². The Morgan fingerprint density at radius 3 is 2.43 bits per heavy atom. The molecule has 2 rings (SSSR count). The fraction of sp³-hybridized carbons (Fsp3) is 0.333. The monoisotopic (exact) mass is 305 g/mol. The van der Waals surface area contributed by atoms with Crippen LogP contribution in [0.4, 0.5) is 4.39 Å². The van der Waals surface area contributed by atoms with Gasteiger partial charge >= 0.3 is 0 Å². The maximum absolute atomic E-state index is 13.3. The van der Waals surface area contributed by atoms with Gasteiger partial charge in [0.05, 0.1) is 5.02 Å². The van der Waals surface area contributed by atoms with Gasteiger partial charge in [0, 0.05) is 6.04 Å². The third-order valence-electron chi connectivity index (χ3n) is 3.96. The molecule has 3 heteroatoms. The second-order valence-electron chi connectivity index (χ2n) is 5.27. The van der Waals surface area contributed by atoms with E-state index in [1.165, 1.54) is 11.6 Å². The van der Waals surface area contributed by atoms with Gasteiger partial charge in [0.25, 0.3) is 0 Å². The number of hydrogen-bond donors (Lipinski definition) is 1. The summed E-state index contributed by atoms with van der Waals surface area (Å²) < 4.78 is 13.3. The highest BCUT2D eigenvalue weighted by Crippen LogP contribution is 2.26. The van der Waals surface area contributed by atoms with Crippen molar-refractivity contribution in [3.05, 3.63) is 70.5 Å². The SMILES string of the molecule is CCC(c1ccccc1)C(Cc1ccc(F)c(Cl)c1)NC. The molecule has 2 aromatic rings. The van der Waals surface area contributed by atoms with Crippen molar-refractivity contribution in [3.8, 4) is 0 Å². The molecule has 1 nitrogen and oxygen atoms in total. The molecule has 0 aliphatic heterocycles. The van der Waals surface area contributed by atoms with E-state index in [1.807, 2.05) is 19.2 Å². The summed E-state index contributed by atoms with van der Waals surface area (Å²) in [5.74, 6) is 0.0524. The zero-order valence-corrected chi connectivity index (χ0v) is 13.2. The first-order valence-corrected chi connectivity index (χ1v) is 7.69. The van der Waals surface area contributed by atoms with E-state index in [0.717, 1.165) is 18.4 Å². The Bertz CT molecular complexity index is 571. The Morgan fingerprint density at radius 1 is 1.14 bits per heavy atom. The fourth-order valence-corrected chi connectivity index (χ4v) is 3.02. The van der Waals surface area contributed by atoms with Gasteiger partial charge in [-0.15, -0.1) is 0 Å². The zero-order valence-electron chi connectivity index (χ0n) is 12.4. The molecule has 0 heterocycles. The molecule has 0 spiro atoms. The molecule has 0 aliphatic rings. The van der Waals surface area contributed by atoms with Crippen LogP contribution in [0.15, 0.2) is 48.5 Å². The van der Waals surface area contributed by atoms with Crippen molar-refractivity contribution in [3.63, 3.8) is 0 Å². The van der Waals surface area contributed by atoms with Gasteiger partial charge in [-0.2, -0.15) is 0 Å². The van der Waals surface area contributed by atoms with Gasteiger partial charge in [0.15, 0.2) is 0 Å². The molecule has 0 saturated carbocycles. The highest BCUT2D eigenvalue weighted by Gasteiger charge is 2.20. The second-order valence-corrected chi connectivity index (χ2v) is 5.68. The predicted molar refractivity (Wildman–Crippen MR) is 87.4 cm³/mol. The molecule has 2 aromatic carbocycles. The largest absolute Gasteiger partial charge is 0.316 e. The quantitative estimate of drug-likeness (QED) is 0.808. The number of hydrogen-bond acceptors (Lipinski definition) is 1. The molecule has 21 heavy (non-hydrogen) atoms. The van der Waals surface area contributed by atoms with Crippen LogP contribution < -0.4 is 5.32 Å². The van der Waals surface area contributed by atoms with E-state index in [0.29, 0.717) is 12.0 Å². The highest BCUT2D eigenvalue weighted by molar-refractivity contribution is 6.30. The van der Waals surface area contributed by atoms with Gasteiger partial charge in [0.2, 0.25) is 0 Å². The zero-order chi connectivity index (χ0) is 15.2. The Kier molecular flexibility index (Phi) is 5.77. The van der Waals surface area contributed by atoms with Crippen LogP contribution in [-0.4, -0.2) is 13.1 Å². The van der Waals surface area contributed by atoms with Gasteiger partial charge in [-0.25, -0.2) is 4.39 Å². The van der Waals surface area contributed by atoms with Crippen molar-refractivity contribution in [2.75, 3.05) is 7.05 Å². The van der Waals surface area contributed by atoms with Crippen LogP contribution in [0.5, 0.6) is 0 Å². The summed E-state index contributed by atoms with van der Waals surface area (Å²) in [6, 6.07) is 15.8. The van der Waals surface area contributed by atoms with Crippen molar-refractivity contribution in [1.29, 1.82) is 0 Å². The number of rotatable bonds is 6. The molecule has 0 fully saturated rings. The molecule has 0 bridgehead atoms. The normalized spacial score (nSPS) is 13.9. The van der Waals surface area contributed by atoms with E-state index >= 15 is 0 Å². The molecule has 0 radical (unpaired) electrons. The van der Waals surface area contributed by atoms with Crippen LogP contribution in [-0.2, 0) is 6.42 Å². The summed E-state index contributed by atoms with van der Waals surface area (Å²) in [5.41, 5.74) is 2.38. The van der Waals surface area contributed by atoms with Gasteiger partial charge in [-0.1, -0.05) is 54.9 Å². The standard InChI is InChI=1S/C18H21ClFN/c1-3-15(14-7-5-4-6-8-14)18(21-2)12-13-9-10-17(20)16(19)11-13/h4-11,15,18,21H,3,12H2,1-2H3. The number of likely N-dealkylation sites (N-methyl/N-ethyl adjacent to an activating group) is 1. The number of nitrogens with one attached hydrogen (secondary N) is 1. The van der Waals surface area contributed by atoms with Crippen molar-refractivity contribution in [1.82, 2.24) is 5.32 Å². The minimum absolute atomic E-state index is 0.190. The lowest BCUT2D eigenvalue weighted by atomic mass is 9.86. The van der Waals surface area contributed by atoms with Crippen molar-refractivity contribution < 1.29 is 4.39 Å². The minimum Gasteiger partial charge on any atom is -0.316 e. The summed E-state index contributed by atoms with van der Waals surface area (Å²) in [6.07, 6.45) is 1.87. The van der Waals surface area contributed by atoms with E-state index in [9.17, 15) is 4.39 Å². The first kappa shape index (κ1) is 16.0. The van der Waals surface area contributed by atoms with Gasteiger partial charge < -0.3 is 5.32 Å². The Labute approximate surface area is 131 Å². The molecular formula is C18H21ClFN. The molecule has 112 valence electrons. The Hall–Kier alpha value is -1.38. The maximum Gasteiger partial charge on any atom is 0.141 e. The van der Waals surface area contributed by atoms with E-state index < -0.39 is 0 Å². The predicted octanol–water partition coefficient (Wildman–Crippen LogP) is 4.80. The summed E-state index contributed by atoms with van der Waals surface area (Å²) in [6.45, 7) is 2.19. The molecule has 0 aliphatic carbocycles. The molecule has 2 atom stereocenters. The number of benzene rings is 2. The molecule has 1 N–H and O–H groups in total. The molecule has 2 unspecified atom stereocenters. The van der Waals surface area contributed by atoms with Crippen LogP contribution in [0.2, 0.25) is 5.02 Å². The summed E-state index contributed by atoms with van der Waals surface area (Å²) in [5, 5.41) is 3.59. The maximum atomic E-state index is 13.3. The summed E-state index contributed by atoms with van der Waals surface area (Å²) >= 11 is 5.88. The first-order chi connectivity index (χ1) is 10.2. The van der Waals surface area contributed by atoms with Gasteiger partial charge in [-0.05, 0) is 49.1 Å². The van der Waals surface area contributed by atoms with E-state index in [4.69, 9.17) is 11.6 Å². The van der Waals surface area contributed by atoms with Gasteiger partial charge in [-0.3, -0.25) is 0 Å². The minimum atomic E-state index is -0.364. The van der Waals surface area contributed by atoms with E-state index in [1.54, 1.807) is 6.07 Å². The van der Waals surface area contributed by atoms with Crippen LogP contribution in [0, 0.1) is 5.82 Å². The van der Waals surface area contributed by atoms with Gasteiger partial charge in [0.1, 0.15) is 5.82 Å². The summed E-state index contributed by atoms with van der Waals surface area (Å²) in [7, 11) is 1.97. The van der Waals surface area contributed by atoms with Crippen LogP contribution in [0.25, 0.3) is 0 Å². The molecule has 0 amide bonds. The lowest BCUT2D eigenvalue weighted by Crippen LogP contribution is -2.34.